The predicted octanol–water partition coefficient (Wildman–Crippen LogP) is 3.37. The number of aromatic nitrogens is 1. The molecule has 1 saturated heterocycles. The van der Waals surface area contributed by atoms with Crippen LogP contribution in [0.1, 0.15) is 59.8 Å². The summed E-state index contributed by atoms with van der Waals surface area (Å²) < 4.78 is 0. The number of phenolic OH excluding ortho intramolecular Hbond substituents is 1. The summed E-state index contributed by atoms with van der Waals surface area (Å²) >= 11 is 0. The molecule has 1 aromatic heterocycles. The minimum absolute atomic E-state index is 0.168. The molecule has 10 heteroatoms. The van der Waals surface area contributed by atoms with Crippen LogP contribution in [0, 0.1) is 19.8 Å². The van der Waals surface area contributed by atoms with Crippen LogP contribution < -0.4 is 10.6 Å². The van der Waals surface area contributed by atoms with E-state index in [1.807, 2.05) is 69.9 Å². The highest BCUT2D eigenvalue weighted by Crippen LogP contribution is 2.23. The van der Waals surface area contributed by atoms with Gasteiger partial charge in [0.15, 0.2) is 0 Å². The third kappa shape index (κ3) is 9.61. The second kappa shape index (κ2) is 15.3. The average molecular weight is 630 g/mol. The molecule has 10 nitrogen and oxygen atoms in total. The Balaban J connectivity index is 1.48. The Kier molecular flexibility index (Phi) is 11.5. The van der Waals surface area contributed by atoms with Crippen molar-refractivity contribution in [1.29, 1.82) is 0 Å². The lowest BCUT2D eigenvalue weighted by molar-refractivity contribution is -0.131. The summed E-state index contributed by atoms with van der Waals surface area (Å²) in [6.45, 7) is 10.9. The van der Waals surface area contributed by atoms with Gasteiger partial charge in [-0.1, -0.05) is 30.3 Å². The van der Waals surface area contributed by atoms with Crippen molar-refractivity contribution in [2.24, 2.45) is 5.92 Å². The van der Waals surface area contributed by atoms with Crippen molar-refractivity contribution < 1.29 is 24.6 Å². The van der Waals surface area contributed by atoms with Crippen molar-refractivity contribution in [3.63, 3.8) is 0 Å². The first-order valence-corrected chi connectivity index (χ1v) is 15.8. The van der Waals surface area contributed by atoms with E-state index in [0.717, 1.165) is 22.3 Å². The van der Waals surface area contributed by atoms with E-state index in [9.17, 15) is 24.6 Å². The molecule has 4 rings (SSSR count). The van der Waals surface area contributed by atoms with Crippen LogP contribution in [0.15, 0.2) is 67.0 Å². The second-order valence-corrected chi connectivity index (χ2v) is 13.3. The maximum Gasteiger partial charge on any atom is 0.255 e. The largest absolute Gasteiger partial charge is 0.508 e. The minimum Gasteiger partial charge on any atom is -0.508 e. The number of carbonyl (C=O) groups is 3. The van der Waals surface area contributed by atoms with Crippen molar-refractivity contribution in [1.82, 2.24) is 25.4 Å². The molecule has 246 valence electrons. The van der Waals surface area contributed by atoms with Crippen LogP contribution >= 0.6 is 0 Å². The molecule has 0 spiro atoms. The summed E-state index contributed by atoms with van der Waals surface area (Å²) in [5.74, 6) is -0.928. The molecule has 3 unspecified atom stereocenters. The lowest BCUT2D eigenvalue weighted by Crippen LogP contribution is -2.62. The Bertz CT molecular complexity index is 1470. The number of amides is 3. The van der Waals surface area contributed by atoms with E-state index in [1.165, 1.54) is 6.20 Å². The lowest BCUT2D eigenvalue weighted by Gasteiger charge is -2.42. The molecule has 46 heavy (non-hydrogen) atoms. The van der Waals surface area contributed by atoms with Crippen molar-refractivity contribution in [2.75, 3.05) is 26.2 Å². The van der Waals surface area contributed by atoms with Crippen molar-refractivity contribution in [3.05, 3.63) is 94.8 Å². The van der Waals surface area contributed by atoms with Crippen molar-refractivity contribution in [2.45, 2.75) is 71.7 Å². The molecule has 3 atom stereocenters. The summed E-state index contributed by atoms with van der Waals surface area (Å²) in [5, 5.41) is 27.4. The monoisotopic (exact) mass is 629 g/mol. The number of pyridine rings is 1. The molecule has 2 heterocycles. The molecule has 3 aromatic rings. The van der Waals surface area contributed by atoms with Gasteiger partial charge in [0, 0.05) is 56.6 Å². The van der Waals surface area contributed by atoms with Crippen LogP contribution in [0.25, 0.3) is 0 Å². The number of phenols is 1. The Morgan fingerprint density at radius 3 is 2.35 bits per heavy atom. The zero-order chi connectivity index (χ0) is 33.4. The quantitative estimate of drug-likeness (QED) is 0.256. The number of β-amino-alcohol motifs (C(OH)–C–C–N with tert-alkyl or cyclic N) is 1. The molecule has 3 amide bonds. The van der Waals surface area contributed by atoms with Crippen LogP contribution in [0.2, 0.25) is 0 Å². The number of aliphatic hydroxyl groups is 1. The lowest BCUT2D eigenvalue weighted by atomic mass is 9.92. The van der Waals surface area contributed by atoms with Gasteiger partial charge in [-0.25, -0.2) is 0 Å². The Morgan fingerprint density at radius 2 is 1.72 bits per heavy atom. The van der Waals surface area contributed by atoms with Gasteiger partial charge in [-0.2, -0.15) is 0 Å². The highest BCUT2D eigenvalue weighted by molar-refractivity contribution is 5.94. The van der Waals surface area contributed by atoms with Crippen molar-refractivity contribution >= 4 is 17.7 Å². The molecule has 1 aliphatic rings. The zero-order valence-corrected chi connectivity index (χ0v) is 27.5. The Morgan fingerprint density at radius 1 is 1.02 bits per heavy atom. The standard InChI is InChI=1S/C36H47N5O5/c1-24-16-29(42)17-25(2)31(24)21-38-33(44)28(18-26-10-7-6-8-11-26)19-30(43)22-40-14-15-41(35(46)27-12-9-13-37-20-27)23-32(40)34(45)39-36(3,4)5/h6-13,16-17,20,28,30,32,42-43H,14-15,18-19,21-23H2,1-5H3,(H,38,44)(H,39,45). The van der Waals surface area contributed by atoms with Gasteiger partial charge in [0.25, 0.3) is 5.91 Å². The fraction of sp³-hybridized carbons (Fsp3) is 0.444. The Labute approximate surface area is 271 Å². The highest BCUT2D eigenvalue weighted by Gasteiger charge is 2.37. The van der Waals surface area contributed by atoms with Gasteiger partial charge in [-0.15, -0.1) is 0 Å². The number of nitrogens with zero attached hydrogens (tertiary/aromatic N) is 3. The van der Waals surface area contributed by atoms with Crippen molar-refractivity contribution in [3.8, 4) is 5.75 Å². The zero-order valence-electron chi connectivity index (χ0n) is 27.5. The SMILES string of the molecule is Cc1cc(O)cc(C)c1CNC(=O)C(Cc1ccccc1)CC(O)CN1CCN(C(=O)c2cccnc2)CC1C(=O)NC(C)(C)C. The summed E-state index contributed by atoms with van der Waals surface area (Å²) in [6.07, 6.45) is 2.86. The number of aryl methyl sites for hydroxylation is 2. The topological polar surface area (TPSA) is 135 Å². The fourth-order valence-corrected chi connectivity index (χ4v) is 6.02. The van der Waals surface area contributed by atoms with Gasteiger partial charge < -0.3 is 25.7 Å². The third-order valence-corrected chi connectivity index (χ3v) is 8.31. The van der Waals surface area contributed by atoms with Crippen LogP contribution in [-0.2, 0) is 22.6 Å². The van der Waals surface area contributed by atoms with Crippen LogP contribution in [0.4, 0.5) is 0 Å². The van der Waals surface area contributed by atoms with Gasteiger partial charge >= 0.3 is 0 Å². The van der Waals surface area contributed by atoms with Crippen LogP contribution in [0.5, 0.6) is 5.75 Å². The summed E-state index contributed by atoms with van der Waals surface area (Å²) in [5.41, 5.74) is 3.67. The van der Waals surface area contributed by atoms with E-state index in [2.05, 4.69) is 15.6 Å². The van der Waals surface area contributed by atoms with Gasteiger partial charge in [0.2, 0.25) is 11.8 Å². The molecule has 2 aromatic carbocycles. The van der Waals surface area contributed by atoms with Gasteiger partial charge in [-0.3, -0.25) is 24.3 Å². The third-order valence-electron chi connectivity index (χ3n) is 8.31. The first-order valence-electron chi connectivity index (χ1n) is 15.8. The van der Waals surface area contributed by atoms with E-state index in [1.54, 1.807) is 35.4 Å². The Hall–Kier alpha value is -4.28. The molecular weight excluding hydrogens is 582 g/mol. The van der Waals surface area contributed by atoms with Crippen LogP contribution in [0.3, 0.4) is 0 Å². The second-order valence-electron chi connectivity index (χ2n) is 13.3. The van der Waals surface area contributed by atoms with Gasteiger partial charge in [0.05, 0.1) is 11.7 Å². The van der Waals surface area contributed by atoms with E-state index in [4.69, 9.17) is 0 Å². The number of hydrogen-bond acceptors (Lipinski definition) is 7. The fourth-order valence-electron chi connectivity index (χ4n) is 6.02. The number of carbonyl (C=O) groups excluding carboxylic acids is 3. The first-order chi connectivity index (χ1) is 21.8. The minimum atomic E-state index is -0.901. The number of benzene rings is 2. The van der Waals surface area contributed by atoms with E-state index in [0.29, 0.717) is 31.6 Å². The maximum absolute atomic E-state index is 13.6. The number of aromatic hydroxyl groups is 1. The number of aliphatic hydroxyl groups excluding tert-OH is 1. The molecule has 1 fully saturated rings. The molecule has 0 aliphatic carbocycles. The average Bonchev–Trinajstić information content (AvgIpc) is 3.00. The van der Waals surface area contributed by atoms with E-state index < -0.39 is 23.6 Å². The predicted molar refractivity (Wildman–Crippen MR) is 177 cm³/mol. The first kappa shape index (κ1) is 34.6. The number of piperazine rings is 1. The normalized spacial score (nSPS) is 16.8. The van der Waals surface area contributed by atoms with E-state index in [-0.39, 0.29) is 43.0 Å². The molecule has 0 radical (unpaired) electrons. The molecule has 0 saturated carbocycles. The van der Waals surface area contributed by atoms with E-state index >= 15 is 0 Å². The summed E-state index contributed by atoms with van der Waals surface area (Å²) in [4.78, 5) is 48.0. The summed E-state index contributed by atoms with van der Waals surface area (Å²) in [7, 11) is 0. The maximum atomic E-state index is 13.6. The smallest absolute Gasteiger partial charge is 0.255 e. The number of rotatable bonds is 11. The number of nitrogens with one attached hydrogen (secondary N) is 2. The summed E-state index contributed by atoms with van der Waals surface area (Å²) in [6, 6.07) is 15.8. The van der Waals surface area contributed by atoms with Gasteiger partial charge in [-0.05, 0) is 94.0 Å². The molecular formula is C36H47N5O5. The van der Waals surface area contributed by atoms with Gasteiger partial charge in [0.1, 0.15) is 11.8 Å². The molecule has 1 aliphatic heterocycles. The van der Waals surface area contributed by atoms with Crippen LogP contribution in [-0.4, -0.2) is 86.6 Å². The highest BCUT2D eigenvalue weighted by atomic mass is 16.3. The molecule has 0 bridgehead atoms. The number of hydrogen-bond donors (Lipinski definition) is 4. The molecule has 4 N–H and O–H groups in total.